The molecule has 0 aliphatic rings. The Labute approximate surface area is 120 Å². The van der Waals surface area contributed by atoms with E-state index in [9.17, 15) is 0 Å². The second-order valence-corrected chi connectivity index (χ2v) is 0. The van der Waals surface area contributed by atoms with E-state index in [1.54, 1.807) is 0 Å². The van der Waals surface area contributed by atoms with Crippen molar-refractivity contribution < 1.29 is 73.5 Å². The fourth-order valence-corrected chi connectivity index (χ4v) is 0. The summed E-state index contributed by atoms with van der Waals surface area (Å²) in [7, 11) is 0. The largest absolute Gasteiger partial charge is 2.00 e. The van der Waals surface area contributed by atoms with Crippen molar-refractivity contribution in [1.82, 2.24) is 0 Å². The van der Waals surface area contributed by atoms with Crippen LogP contribution in [0, 0.1) is 0 Å². The Morgan fingerprint density at radius 3 is 1.20 bits per heavy atom. The Kier molecular flexibility index (Phi) is 191. The molecule has 0 nitrogen and oxygen atoms in total. The maximum absolute atomic E-state index is 0. The molecule has 0 aromatic rings. The van der Waals surface area contributed by atoms with Gasteiger partial charge in [-0.15, -0.1) is 0 Å². The first-order valence-electron chi connectivity index (χ1n) is 0. The van der Waals surface area contributed by atoms with Crippen molar-refractivity contribution in [2.75, 3.05) is 0 Å². The summed E-state index contributed by atoms with van der Waals surface area (Å²) in [4.78, 5) is 0. The van der Waals surface area contributed by atoms with Crippen molar-refractivity contribution in [2.24, 2.45) is 0 Å². The van der Waals surface area contributed by atoms with Crippen LogP contribution in [0.25, 0.3) is 0 Å². The van der Waals surface area contributed by atoms with E-state index in [1.165, 1.54) is 0 Å². The van der Waals surface area contributed by atoms with Crippen LogP contribution in [0.3, 0.4) is 0 Å². The third kappa shape index (κ3) is 18.3. The first-order valence-corrected chi connectivity index (χ1v) is 0. The third-order valence-corrected chi connectivity index (χ3v) is 0. The van der Waals surface area contributed by atoms with E-state index >= 15 is 0 Å². The topological polar surface area (TPSA) is 0 Å². The van der Waals surface area contributed by atoms with Crippen molar-refractivity contribution in [3.8, 4) is 0 Å². The van der Waals surface area contributed by atoms with E-state index in [-0.39, 0.29) is 122 Å². The van der Waals surface area contributed by atoms with Crippen LogP contribution in [0.1, 0.15) is 4.28 Å². The Morgan fingerprint density at radius 2 is 1.20 bits per heavy atom. The molecule has 2 radical (unpaired) electrons. The normalized spacial score (nSPS) is 0. The predicted molar refractivity (Wildman–Crippen MR) is 9.09 cm³/mol. The Hall–Kier alpha value is 3.69. The van der Waals surface area contributed by atoms with Crippen LogP contribution in [0.5, 0.6) is 0 Å². The second kappa shape index (κ2) is 25.3. The number of rotatable bonds is 0. The fraction of sp³-hybridized carbons (Fsp3) is 0. The van der Waals surface area contributed by atoms with Gasteiger partial charge >= 0.3 is 67.7 Å². The van der Waals surface area contributed by atoms with E-state index in [2.05, 4.69) is 0 Å². The van der Waals surface area contributed by atoms with Crippen LogP contribution in [0.2, 0.25) is 0 Å². The predicted octanol–water partition coefficient (Wildman–Crippen LogP) is -3.05. The Morgan fingerprint density at radius 1 is 1.20 bits per heavy atom. The fourth-order valence-electron chi connectivity index (χ4n) is 0. The van der Waals surface area contributed by atoms with E-state index in [0.29, 0.717) is 0 Å². The molecule has 0 spiro atoms. The van der Waals surface area contributed by atoms with Crippen molar-refractivity contribution in [3.63, 3.8) is 0 Å². The molecule has 0 unspecified atom stereocenters. The van der Waals surface area contributed by atoms with Crippen LogP contribution < -0.4 is 18.9 Å². The van der Waals surface area contributed by atoms with E-state index in [0.717, 1.165) is 0 Å². The molecule has 32 valence electrons. The minimum absolute atomic E-state index is 0. The summed E-state index contributed by atoms with van der Waals surface area (Å²) in [5.74, 6) is 0. The van der Waals surface area contributed by atoms with Crippen molar-refractivity contribution >= 4 is 48.9 Å². The summed E-state index contributed by atoms with van der Waals surface area (Å²) in [5.41, 5.74) is 0. The van der Waals surface area contributed by atoms with Gasteiger partial charge in [-0.1, -0.05) is 0 Å². The van der Waals surface area contributed by atoms with Crippen LogP contribution >= 0.6 is 0 Å². The van der Waals surface area contributed by atoms with Crippen LogP contribution in [0.15, 0.2) is 0 Å². The SMILES string of the molecule is [Ba+2].[Co].[H-].[H-].[H-].[Li+].[Mn].[Ni]. The molecule has 0 N–H and O–H groups in total. The van der Waals surface area contributed by atoms with Gasteiger partial charge in [0.05, 0.1) is 0 Å². The monoisotopic (exact) mass is 320 g/mol. The molecule has 0 saturated carbocycles. The molecule has 5 heavy (non-hydrogen) atoms. The minimum Gasteiger partial charge on any atom is -1.00 e. The van der Waals surface area contributed by atoms with E-state index in [1.807, 2.05) is 0 Å². The first kappa shape index (κ1) is 37.8. The van der Waals surface area contributed by atoms with Gasteiger partial charge in [0.1, 0.15) is 0 Å². The van der Waals surface area contributed by atoms with Gasteiger partial charge in [0.15, 0.2) is 0 Å². The molecule has 0 saturated heterocycles. The van der Waals surface area contributed by atoms with Gasteiger partial charge in [0, 0.05) is 50.3 Å². The van der Waals surface area contributed by atoms with Crippen LogP contribution in [0.4, 0.5) is 0 Å². The van der Waals surface area contributed by atoms with Gasteiger partial charge in [-0.05, 0) is 0 Å². The molecule has 0 heterocycles. The minimum atomic E-state index is 0. The summed E-state index contributed by atoms with van der Waals surface area (Å²) in [6, 6.07) is 0. The maximum atomic E-state index is 0. The molecular formula is H3BaCoLiMnNi. The van der Waals surface area contributed by atoms with Crippen LogP contribution in [-0.4, -0.2) is 48.9 Å². The molecule has 0 atom stereocenters. The summed E-state index contributed by atoms with van der Waals surface area (Å²) in [5, 5.41) is 0. The molecule has 0 amide bonds. The van der Waals surface area contributed by atoms with E-state index in [4.69, 9.17) is 0 Å². The van der Waals surface area contributed by atoms with Gasteiger partial charge in [-0.3, -0.25) is 0 Å². The van der Waals surface area contributed by atoms with Gasteiger partial charge < -0.3 is 4.28 Å². The van der Waals surface area contributed by atoms with Gasteiger partial charge in [0.2, 0.25) is 0 Å². The second-order valence-electron chi connectivity index (χ2n) is 0. The zero-order valence-electron chi connectivity index (χ0n) is 5.73. The molecule has 5 heteroatoms. The Bertz CT molecular complexity index is 19.2. The zero-order chi connectivity index (χ0) is 0. The Balaban J connectivity index is 0. The standard InChI is InChI=1S/Ba.Co.Li.Mn.Ni.3H/q+2;;+1;;;3*-1. The average Bonchev–Trinajstić information content (AvgIpc) is 0. The number of hydrogen-bond donors (Lipinski definition) is 0. The summed E-state index contributed by atoms with van der Waals surface area (Å²) < 4.78 is 0. The molecule has 0 aromatic carbocycles. The van der Waals surface area contributed by atoms with Gasteiger partial charge in [-0.2, -0.15) is 0 Å². The molecular weight excluding hydrogens is 317 g/mol. The zero-order valence-corrected chi connectivity index (χ0v) is 10.4. The maximum Gasteiger partial charge on any atom is 2.00 e. The van der Waals surface area contributed by atoms with Gasteiger partial charge in [-0.25, -0.2) is 0 Å². The van der Waals surface area contributed by atoms with Crippen molar-refractivity contribution in [2.45, 2.75) is 0 Å². The molecule has 0 aliphatic heterocycles. The van der Waals surface area contributed by atoms with Crippen molar-refractivity contribution in [3.05, 3.63) is 0 Å². The molecule has 0 rings (SSSR count). The van der Waals surface area contributed by atoms with Gasteiger partial charge in [0.25, 0.3) is 0 Å². The smallest absolute Gasteiger partial charge is 1.00 e. The van der Waals surface area contributed by atoms with Crippen molar-refractivity contribution in [1.29, 1.82) is 0 Å². The summed E-state index contributed by atoms with van der Waals surface area (Å²) >= 11 is 0. The average molecular weight is 320 g/mol. The van der Waals surface area contributed by atoms with Crippen LogP contribution in [-0.2, 0) is 50.3 Å². The number of hydrogen-bond acceptors (Lipinski definition) is 0. The molecule has 0 fully saturated rings. The van der Waals surface area contributed by atoms with E-state index < -0.39 is 0 Å². The third-order valence-electron chi connectivity index (χ3n) is 0. The summed E-state index contributed by atoms with van der Waals surface area (Å²) in [6.07, 6.45) is 0. The summed E-state index contributed by atoms with van der Waals surface area (Å²) in [6.45, 7) is 0. The quantitative estimate of drug-likeness (QED) is 0.416. The molecule has 0 aromatic heterocycles. The molecule has 0 bridgehead atoms. The molecule has 0 aliphatic carbocycles. The first-order chi connectivity index (χ1) is 0.